The van der Waals surface area contributed by atoms with E-state index in [0.717, 1.165) is 22.6 Å². The maximum Gasteiger partial charge on any atom is 0.251 e. The Labute approximate surface area is 163 Å². The van der Waals surface area contributed by atoms with Gasteiger partial charge in [0, 0.05) is 35.7 Å². The molecule has 2 rings (SSSR count). The van der Waals surface area contributed by atoms with E-state index in [0.29, 0.717) is 24.2 Å². The second-order valence-electron chi connectivity index (χ2n) is 5.59. The number of hydrogen-bond donors (Lipinski definition) is 2. The standard InChI is InChI=1S/C20H24N2O2S2/c1-25-13-11-21-19(23)17-9-5-3-7-15(17)16-8-4-6-10-18(16)20(24)22-12-14-26-2/h3-10H,11-14H2,1-2H3,(H,21,23)(H,22,24). The van der Waals surface area contributed by atoms with E-state index in [4.69, 9.17) is 0 Å². The van der Waals surface area contributed by atoms with Gasteiger partial charge >= 0.3 is 0 Å². The van der Waals surface area contributed by atoms with E-state index >= 15 is 0 Å². The Morgan fingerprint density at radius 1 is 0.731 bits per heavy atom. The molecule has 0 aliphatic rings. The summed E-state index contributed by atoms with van der Waals surface area (Å²) in [6.45, 7) is 1.23. The summed E-state index contributed by atoms with van der Waals surface area (Å²) in [7, 11) is 0. The first kappa shape index (κ1) is 20.4. The van der Waals surface area contributed by atoms with Gasteiger partial charge in [0.25, 0.3) is 11.8 Å². The summed E-state index contributed by atoms with van der Waals surface area (Å²) in [6.07, 6.45) is 4.01. The molecule has 2 aromatic carbocycles. The van der Waals surface area contributed by atoms with Gasteiger partial charge in [-0.1, -0.05) is 36.4 Å². The number of carbonyl (C=O) groups is 2. The summed E-state index contributed by atoms with van der Waals surface area (Å²) in [5.74, 6) is 1.49. The zero-order valence-corrected chi connectivity index (χ0v) is 16.7. The monoisotopic (exact) mass is 388 g/mol. The van der Waals surface area contributed by atoms with Gasteiger partial charge in [0.2, 0.25) is 0 Å². The summed E-state index contributed by atoms with van der Waals surface area (Å²) < 4.78 is 0. The number of thioether (sulfide) groups is 2. The van der Waals surface area contributed by atoms with E-state index in [1.54, 1.807) is 35.7 Å². The highest BCUT2D eigenvalue weighted by molar-refractivity contribution is 7.98. The largest absolute Gasteiger partial charge is 0.351 e. The van der Waals surface area contributed by atoms with Crippen molar-refractivity contribution >= 4 is 35.3 Å². The fourth-order valence-corrected chi connectivity index (χ4v) is 3.17. The van der Waals surface area contributed by atoms with Gasteiger partial charge in [-0.2, -0.15) is 23.5 Å². The van der Waals surface area contributed by atoms with Gasteiger partial charge in [-0.05, 0) is 35.8 Å². The third-order valence-electron chi connectivity index (χ3n) is 3.82. The number of carbonyl (C=O) groups excluding carboxylic acids is 2. The van der Waals surface area contributed by atoms with Crippen LogP contribution in [0.1, 0.15) is 20.7 Å². The smallest absolute Gasteiger partial charge is 0.251 e. The van der Waals surface area contributed by atoms with Gasteiger partial charge < -0.3 is 10.6 Å². The van der Waals surface area contributed by atoms with E-state index in [-0.39, 0.29) is 11.8 Å². The molecule has 0 heterocycles. The number of hydrogen-bond acceptors (Lipinski definition) is 4. The van der Waals surface area contributed by atoms with Crippen molar-refractivity contribution in [1.29, 1.82) is 0 Å². The Bertz CT molecular complexity index is 687. The van der Waals surface area contributed by atoms with Crippen LogP contribution in [-0.2, 0) is 0 Å². The predicted octanol–water partition coefficient (Wildman–Crippen LogP) is 3.54. The molecule has 0 aliphatic carbocycles. The second-order valence-corrected chi connectivity index (χ2v) is 7.56. The molecule has 0 saturated carbocycles. The van der Waals surface area contributed by atoms with Crippen molar-refractivity contribution in [2.24, 2.45) is 0 Å². The van der Waals surface area contributed by atoms with Gasteiger partial charge in [0.15, 0.2) is 0 Å². The molecule has 0 spiro atoms. The van der Waals surface area contributed by atoms with Crippen molar-refractivity contribution in [3.63, 3.8) is 0 Å². The number of nitrogens with one attached hydrogen (secondary N) is 2. The molecule has 6 heteroatoms. The zero-order valence-electron chi connectivity index (χ0n) is 15.1. The van der Waals surface area contributed by atoms with E-state index in [9.17, 15) is 9.59 Å². The van der Waals surface area contributed by atoms with Crippen molar-refractivity contribution in [1.82, 2.24) is 10.6 Å². The first-order valence-electron chi connectivity index (χ1n) is 8.41. The Kier molecular flexibility index (Phi) is 8.58. The quantitative estimate of drug-likeness (QED) is 0.645. The lowest BCUT2D eigenvalue weighted by atomic mass is 9.94. The van der Waals surface area contributed by atoms with Crippen LogP contribution in [0.4, 0.5) is 0 Å². The van der Waals surface area contributed by atoms with Crippen molar-refractivity contribution in [2.45, 2.75) is 0 Å². The van der Waals surface area contributed by atoms with E-state index in [1.165, 1.54) is 0 Å². The fraction of sp³-hybridized carbons (Fsp3) is 0.300. The molecule has 0 saturated heterocycles. The van der Waals surface area contributed by atoms with Crippen LogP contribution in [-0.4, -0.2) is 48.9 Å². The Hall–Kier alpha value is -1.92. The van der Waals surface area contributed by atoms with Crippen molar-refractivity contribution in [2.75, 3.05) is 37.1 Å². The summed E-state index contributed by atoms with van der Waals surface area (Å²) in [5.41, 5.74) is 2.70. The molecule has 2 amide bonds. The third kappa shape index (κ3) is 5.54. The molecular formula is C20H24N2O2S2. The fourth-order valence-electron chi connectivity index (χ4n) is 2.56. The zero-order chi connectivity index (χ0) is 18.8. The number of benzene rings is 2. The average molecular weight is 389 g/mol. The summed E-state index contributed by atoms with van der Waals surface area (Å²) in [5, 5.41) is 5.88. The van der Waals surface area contributed by atoms with Crippen LogP contribution in [0, 0.1) is 0 Å². The van der Waals surface area contributed by atoms with Gasteiger partial charge in [-0.15, -0.1) is 0 Å². The van der Waals surface area contributed by atoms with E-state index in [2.05, 4.69) is 10.6 Å². The number of rotatable bonds is 9. The Balaban J connectivity index is 2.31. The molecule has 26 heavy (non-hydrogen) atoms. The lowest BCUT2D eigenvalue weighted by Gasteiger charge is -2.14. The highest BCUT2D eigenvalue weighted by Gasteiger charge is 2.17. The molecule has 0 fully saturated rings. The Morgan fingerprint density at radius 2 is 1.12 bits per heavy atom. The average Bonchev–Trinajstić information content (AvgIpc) is 2.68. The molecule has 138 valence electrons. The minimum atomic E-state index is -0.118. The molecule has 2 aromatic rings. The summed E-state index contributed by atoms with van der Waals surface area (Å²) in [4.78, 5) is 25.2. The highest BCUT2D eigenvalue weighted by atomic mass is 32.2. The topological polar surface area (TPSA) is 58.2 Å². The lowest BCUT2D eigenvalue weighted by molar-refractivity contribution is 0.0946. The molecule has 4 nitrogen and oxygen atoms in total. The summed E-state index contributed by atoms with van der Waals surface area (Å²) in [6, 6.07) is 14.8. The molecule has 0 unspecified atom stereocenters. The number of amides is 2. The molecule has 0 bridgehead atoms. The van der Waals surface area contributed by atoms with Gasteiger partial charge in [-0.3, -0.25) is 9.59 Å². The molecule has 0 atom stereocenters. The molecule has 0 aromatic heterocycles. The van der Waals surface area contributed by atoms with Crippen LogP contribution in [0.5, 0.6) is 0 Å². The Morgan fingerprint density at radius 3 is 1.50 bits per heavy atom. The molecule has 0 radical (unpaired) electrons. The van der Waals surface area contributed by atoms with Crippen LogP contribution in [0.15, 0.2) is 48.5 Å². The highest BCUT2D eigenvalue weighted by Crippen LogP contribution is 2.27. The van der Waals surface area contributed by atoms with Gasteiger partial charge in [0.05, 0.1) is 0 Å². The van der Waals surface area contributed by atoms with Crippen LogP contribution in [0.3, 0.4) is 0 Å². The maximum atomic E-state index is 12.6. The van der Waals surface area contributed by atoms with Crippen LogP contribution >= 0.6 is 23.5 Å². The van der Waals surface area contributed by atoms with Crippen LogP contribution < -0.4 is 10.6 Å². The van der Waals surface area contributed by atoms with Gasteiger partial charge in [0.1, 0.15) is 0 Å². The normalized spacial score (nSPS) is 10.4. The maximum absolute atomic E-state index is 12.6. The first-order chi connectivity index (χ1) is 12.7. The van der Waals surface area contributed by atoms with Crippen molar-refractivity contribution in [3.8, 4) is 11.1 Å². The minimum absolute atomic E-state index is 0.118. The molecular weight excluding hydrogens is 364 g/mol. The minimum Gasteiger partial charge on any atom is -0.351 e. The lowest BCUT2D eigenvalue weighted by Crippen LogP contribution is -2.27. The molecule has 0 aliphatic heterocycles. The first-order valence-corrected chi connectivity index (χ1v) is 11.2. The van der Waals surface area contributed by atoms with Gasteiger partial charge in [-0.25, -0.2) is 0 Å². The SMILES string of the molecule is CSCCNC(=O)c1ccccc1-c1ccccc1C(=O)NCCSC. The van der Waals surface area contributed by atoms with Crippen molar-refractivity contribution < 1.29 is 9.59 Å². The second kappa shape index (κ2) is 10.9. The van der Waals surface area contributed by atoms with Crippen LogP contribution in [0.25, 0.3) is 11.1 Å². The predicted molar refractivity (Wildman–Crippen MR) is 113 cm³/mol. The summed E-state index contributed by atoms with van der Waals surface area (Å²) >= 11 is 3.37. The molecule has 2 N–H and O–H groups in total. The van der Waals surface area contributed by atoms with E-state index < -0.39 is 0 Å². The third-order valence-corrected chi connectivity index (χ3v) is 5.04. The van der Waals surface area contributed by atoms with Crippen LogP contribution in [0.2, 0.25) is 0 Å². The van der Waals surface area contributed by atoms with Crippen molar-refractivity contribution in [3.05, 3.63) is 59.7 Å². The van der Waals surface area contributed by atoms with E-state index in [1.807, 2.05) is 48.9 Å².